The summed E-state index contributed by atoms with van der Waals surface area (Å²) in [5.74, 6) is 0.524. The first-order valence-electron chi connectivity index (χ1n) is 7.25. The lowest BCUT2D eigenvalue weighted by molar-refractivity contribution is 0.192. The monoisotopic (exact) mass is 303 g/mol. The Morgan fingerprint density at radius 2 is 2.18 bits per heavy atom. The molecule has 0 fully saturated rings. The van der Waals surface area contributed by atoms with E-state index in [4.69, 9.17) is 9.52 Å². The standard InChI is InChI=1S/C16H21N3O3/c1-4-19(7-8-20)16(21)18-14-9-13(6-5-11(14)2)15-17-12(3)10-22-15/h5-6,9-10,20H,4,7-8H2,1-3H3,(H,18,21). The third-order valence-corrected chi connectivity index (χ3v) is 3.38. The van der Waals surface area contributed by atoms with Gasteiger partial charge in [0.25, 0.3) is 0 Å². The van der Waals surface area contributed by atoms with Crippen LogP contribution in [0.3, 0.4) is 0 Å². The Balaban J connectivity index is 2.22. The Labute approximate surface area is 129 Å². The van der Waals surface area contributed by atoms with E-state index in [9.17, 15) is 4.79 Å². The van der Waals surface area contributed by atoms with Crippen molar-refractivity contribution in [2.75, 3.05) is 25.0 Å². The van der Waals surface area contributed by atoms with Crippen molar-refractivity contribution in [2.24, 2.45) is 0 Å². The number of amides is 2. The van der Waals surface area contributed by atoms with Crippen LogP contribution in [0.25, 0.3) is 11.5 Å². The average Bonchev–Trinajstić information content (AvgIpc) is 2.93. The fourth-order valence-corrected chi connectivity index (χ4v) is 2.09. The normalized spacial score (nSPS) is 10.5. The van der Waals surface area contributed by atoms with Gasteiger partial charge in [0.05, 0.1) is 12.3 Å². The number of oxazole rings is 1. The van der Waals surface area contributed by atoms with Crippen LogP contribution in [0, 0.1) is 13.8 Å². The summed E-state index contributed by atoms with van der Waals surface area (Å²) in [7, 11) is 0. The molecule has 0 unspecified atom stereocenters. The number of aliphatic hydroxyl groups is 1. The molecule has 0 aliphatic carbocycles. The van der Waals surface area contributed by atoms with E-state index in [0.29, 0.717) is 24.7 Å². The Bertz CT molecular complexity index is 652. The first kappa shape index (κ1) is 16.0. The number of nitrogens with zero attached hydrogens (tertiary/aromatic N) is 2. The van der Waals surface area contributed by atoms with Crippen molar-refractivity contribution in [3.63, 3.8) is 0 Å². The molecule has 6 nitrogen and oxygen atoms in total. The van der Waals surface area contributed by atoms with E-state index in [0.717, 1.165) is 16.8 Å². The quantitative estimate of drug-likeness (QED) is 0.890. The van der Waals surface area contributed by atoms with E-state index < -0.39 is 0 Å². The number of carbonyl (C=O) groups excluding carboxylic acids is 1. The number of benzene rings is 1. The lowest BCUT2D eigenvalue weighted by Crippen LogP contribution is -2.36. The Kier molecular flexibility index (Phi) is 5.16. The first-order chi connectivity index (χ1) is 10.5. The molecule has 6 heteroatoms. The van der Waals surface area contributed by atoms with Crippen LogP contribution in [-0.4, -0.2) is 40.7 Å². The SMILES string of the molecule is CCN(CCO)C(=O)Nc1cc(-c2nc(C)co2)ccc1C. The van der Waals surface area contributed by atoms with Crippen molar-refractivity contribution >= 4 is 11.7 Å². The first-order valence-corrected chi connectivity index (χ1v) is 7.25. The highest BCUT2D eigenvalue weighted by Crippen LogP contribution is 2.25. The van der Waals surface area contributed by atoms with Gasteiger partial charge in [-0.15, -0.1) is 0 Å². The molecule has 0 spiro atoms. The van der Waals surface area contributed by atoms with Gasteiger partial charge in [-0.3, -0.25) is 0 Å². The summed E-state index contributed by atoms with van der Waals surface area (Å²) in [6.07, 6.45) is 1.59. The minimum atomic E-state index is -0.236. The van der Waals surface area contributed by atoms with Crippen LogP contribution in [0.15, 0.2) is 28.9 Å². The number of urea groups is 1. The van der Waals surface area contributed by atoms with Gasteiger partial charge in [-0.05, 0) is 38.5 Å². The summed E-state index contributed by atoms with van der Waals surface area (Å²) in [6.45, 7) is 6.43. The average molecular weight is 303 g/mol. The van der Waals surface area contributed by atoms with Gasteiger partial charge in [-0.2, -0.15) is 0 Å². The van der Waals surface area contributed by atoms with Crippen molar-refractivity contribution in [1.82, 2.24) is 9.88 Å². The lowest BCUT2D eigenvalue weighted by Gasteiger charge is -2.21. The summed E-state index contributed by atoms with van der Waals surface area (Å²) in [5.41, 5.74) is 3.26. The number of aromatic nitrogens is 1. The molecular formula is C16H21N3O3. The number of aryl methyl sites for hydroxylation is 2. The van der Waals surface area contributed by atoms with Crippen LogP contribution in [-0.2, 0) is 0 Å². The number of hydrogen-bond donors (Lipinski definition) is 2. The van der Waals surface area contributed by atoms with Crippen molar-refractivity contribution in [2.45, 2.75) is 20.8 Å². The van der Waals surface area contributed by atoms with Gasteiger partial charge in [0.2, 0.25) is 5.89 Å². The van der Waals surface area contributed by atoms with E-state index in [1.807, 2.05) is 39.0 Å². The van der Waals surface area contributed by atoms with Crippen LogP contribution >= 0.6 is 0 Å². The largest absolute Gasteiger partial charge is 0.444 e. The van der Waals surface area contributed by atoms with Gasteiger partial charge in [-0.25, -0.2) is 9.78 Å². The molecule has 0 aliphatic rings. The smallest absolute Gasteiger partial charge is 0.321 e. The van der Waals surface area contributed by atoms with E-state index in [1.54, 1.807) is 11.2 Å². The zero-order chi connectivity index (χ0) is 16.1. The number of rotatable bonds is 5. The zero-order valence-corrected chi connectivity index (χ0v) is 13.1. The van der Waals surface area contributed by atoms with Crippen molar-refractivity contribution < 1.29 is 14.3 Å². The molecule has 0 saturated carbocycles. The molecule has 2 rings (SSSR count). The molecule has 118 valence electrons. The third-order valence-electron chi connectivity index (χ3n) is 3.38. The summed E-state index contributed by atoms with van der Waals surface area (Å²) < 4.78 is 5.39. The Hall–Kier alpha value is -2.34. The number of anilines is 1. The van der Waals surface area contributed by atoms with Crippen molar-refractivity contribution in [3.05, 3.63) is 35.7 Å². The summed E-state index contributed by atoms with van der Waals surface area (Å²) in [5, 5.41) is 11.9. The summed E-state index contributed by atoms with van der Waals surface area (Å²) >= 11 is 0. The predicted molar refractivity (Wildman–Crippen MR) is 84.8 cm³/mol. The Morgan fingerprint density at radius 1 is 1.41 bits per heavy atom. The molecule has 22 heavy (non-hydrogen) atoms. The second-order valence-electron chi connectivity index (χ2n) is 5.06. The molecule has 0 saturated heterocycles. The summed E-state index contributed by atoms with van der Waals surface area (Å²) in [4.78, 5) is 18.0. The molecule has 1 aromatic heterocycles. The van der Waals surface area contributed by atoms with Gasteiger partial charge >= 0.3 is 6.03 Å². The molecule has 2 N–H and O–H groups in total. The summed E-state index contributed by atoms with van der Waals surface area (Å²) in [6, 6.07) is 5.42. The van der Waals surface area contributed by atoms with Crippen LogP contribution in [0.5, 0.6) is 0 Å². The maximum atomic E-state index is 12.2. The van der Waals surface area contributed by atoms with E-state index in [2.05, 4.69) is 10.3 Å². The highest BCUT2D eigenvalue weighted by molar-refractivity contribution is 5.91. The van der Waals surface area contributed by atoms with E-state index in [1.165, 1.54) is 0 Å². The molecule has 1 heterocycles. The molecule has 2 aromatic rings. The number of aliphatic hydroxyl groups excluding tert-OH is 1. The van der Waals surface area contributed by atoms with Crippen LogP contribution in [0.1, 0.15) is 18.2 Å². The number of nitrogens with one attached hydrogen (secondary N) is 1. The predicted octanol–water partition coefficient (Wildman–Crippen LogP) is 2.80. The maximum absolute atomic E-state index is 12.2. The number of likely N-dealkylation sites (N-methyl/N-ethyl adjacent to an activating group) is 1. The Morgan fingerprint density at radius 3 is 2.77 bits per heavy atom. The van der Waals surface area contributed by atoms with Gasteiger partial charge in [0.15, 0.2) is 0 Å². The number of carbonyl (C=O) groups is 1. The topological polar surface area (TPSA) is 78.6 Å². The third kappa shape index (κ3) is 3.65. The fourth-order valence-electron chi connectivity index (χ4n) is 2.09. The van der Waals surface area contributed by atoms with E-state index >= 15 is 0 Å². The molecule has 0 bridgehead atoms. The molecule has 0 aliphatic heterocycles. The highest BCUT2D eigenvalue weighted by Gasteiger charge is 2.13. The van der Waals surface area contributed by atoms with Gasteiger partial charge in [0, 0.05) is 24.3 Å². The van der Waals surface area contributed by atoms with Gasteiger partial charge < -0.3 is 19.7 Å². The minimum Gasteiger partial charge on any atom is -0.444 e. The molecular weight excluding hydrogens is 282 g/mol. The van der Waals surface area contributed by atoms with Crippen LogP contribution in [0.2, 0.25) is 0 Å². The molecule has 0 radical (unpaired) electrons. The van der Waals surface area contributed by atoms with Crippen LogP contribution in [0.4, 0.5) is 10.5 Å². The number of hydrogen-bond acceptors (Lipinski definition) is 4. The van der Waals surface area contributed by atoms with Crippen LogP contribution < -0.4 is 5.32 Å². The van der Waals surface area contributed by atoms with Gasteiger partial charge in [0.1, 0.15) is 6.26 Å². The minimum absolute atomic E-state index is 0.0596. The molecule has 0 atom stereocenters. The lowest BCUT2D eigenvalue weighted by atomic mass is 10.1. The molecule has 2 amide bonds. The van der Waals surface area contributed by atoms with Crippen molar-refractivity contribution in [3.8, 4) is 11.5 Å². The maximum Gasteiger partial charge on any atom is 0.321 e. The van der Waals surface area contributed by atoms with E-state index in [-0.39, 0.29) is 12.6 Å². The van der Waals surface area contributed by atoms with Crippen molar-refractivity contribution in [1.29, 1.82) is 0 Å². The second kappa shape index (κ2) is 7.09. The molecule has 1 aromatic carbocycles. The fraction of sp³-hybridized carbons (Fsp3) is 0.375. The highest BCUT2D eigenvalue weighted by atomic mass is 16.3. The van der Waals surface area contributed by atoms with Gasteiger partial charge in [-0.1, -0.05) is 6.07 Å². The second-order valence-corrected chi connectivity index (χ2v) is 5.06. The zero-order valence-electron chi connectivity index (χ0n) is 13.1.